The van der Waals surface area contributed by atoms with Gasteiger partial charge in [-0.25, -0.2) is 9.37 Å². The molecule has 6 heteroatoms. The van der Waals surface area contributed by atoms with Gasteiger partial charge in [0.05, 0.1) is 23.1 Å². The fourth-order valence-corrected chi connectivity index (χ4v) is 2.91. The van der Waals surface area contributed by atoms with Crippen molar-refractivity contribution in [3.63, 3.8) is 0 Å². The van der Waals surface area contributed by atoms with E-state index in [2.05, 4.69) is 9.97 Å². The predicted octanol–water partition coefficient (Wildman–Crippen LogP) is 3.39. The molecule has 0 unspecified atom stereocenters. The molecule has 1 aliphatic heterocycles. The zero-order valence-corrected chi connectivity index (χ0v) is 14.5. The van der Waals surface area contributed by atoms with Crippen LogP contribution in [0.1, 0.15) is 52.3 Å². The number of H-pyrrole nitrogens is 1. The molecule has 0 atom stereocenters. The molecule has 1 aromatic heterocycles. The van der Waals surface area contributed by atoms with E-state index in [4.69, 9.17) is 9.31 Å². The van der Waals surface area contributed by atoms with Crippen molar-refractivity contribution >= 4 is 12.6 Å². The van der Waals surface area contributed by atoms with E-state index in [1.807, 2.05) is 33.8 Å². The number of halogens is 1. The van der Waals surface area contributed by atoms with Crippen LogP contribution in [0, 0.1) is 5.82 Å². The summed E-state index contributed by atoms with van der Waals surface area (Å²) in [6, 6.07) is 5.12. The summed E-state index contributed by atoms with van der Waals surface area (Å²) in [6.07, 6.45) is 4.03. The Bertz CT molecular complexity index is 767. The van der Waals surface area contributed by atoms with Crippen molar-refractivity contribution < 1.29 is 13.7 Å². The summed E-state index contributed by atoms with van der Waals surface area (Å²) in [6.45, 7) is 7.95. The van der Waals surface area contributed by atoms with Gasteiger partial charge >= 0.3 is 7.12 Å². The SMILES string of the molecule is CC1(C)OB(c2ccc(-c3cnc(C4CC4)[nH]3)c(F)c2)OC1(C)C. The average Bonchev–Trinajstić information content (AvgIpc) is 3.18. The van der Waals surface area contributed by atoms with Gasteiger partial charge in [-0.1, -0.05) is 12.1 Å². The first-order valence-corrected chi connectivity index (χ1v) is 8.47. The van der Waals surface area contributed by atoms with Crippen molar-refractivity contribution in [3.8, 4) is 11.3 Å². The second-order valence-corrected chi connectivity index (χ2v) is 7.78. The first kappa shape index (κ1) is 15.8. The summed E-state index contributed by atoms with van der Waals surface area (Å²) in [4.78, 5) is 7.60. The minimum absolute atomic E-state index is 0.298. The molecule has 4 rings (SSSR count). The van der Waals surface area contributed by atoms with E-state index in [1.54, 1.807) is 12.3 Å². The Morgan fingerprint density at radius 2 is 1.83 bits per heavy atom. The molecule has 1 aromatic carbocycles. The van der Waals surface area contributed by atoms with Gasteiger partial charge in [0.25, 0.3) is 0 Å². The Kier molecular flexibility index (Phi) is 3.41. The Hall–Kier alpha value is -1.66. The zero-order chi connectivity index (χ0) is 17.1. The van der Waals surface area contributed by atoms with Crippen LogP contribution in [0.5, 0.6) is 0 Å². The van der Waals surface area contributed by atoms with Gasteiger partial charge in [0.15, 0.2) is 0 Å². The lowest BCUT2D eigenvalue weighted by Crippen LogP contribution is -2.41. The number of hydrogen-bond donors (Lipinski definition) is 1. The van der Waals surface area contributed by atoms with Gasteiger partial charge in [-0.3, -0.25) is 0 Å². The minimum atomic E-state index is -0.553. The molecule has 0 bridgehead atoms. The summed E-state index contributed by atoms with van der Waals surface area (Å²) in [5, 5.41) is 0. The fourth-order valence-electron chi connectivity index (χ4n) is 2.91. The van der Waals surface area contributed by atoms with Gasteiger partial charge in [-0.2, -0.15) is 0 Å². The Labute approximate surface area is 141 Å². The van der Waals surface area contributed by atoms with Gasteiger partial charge in [-0.15, -0.1) is 0 Å². The normalized spacial score (nSPS) is 22.1. The number of nitrogens with zero attached hydrogens (tertiary/aromatic N) is 1. The molecule has 4 nitrogen and oxygen atoms in total. The van der Waals surface area contributed by atoms with Gasteiger partial charge in [0.1, 0.15) is 11.6 Å². The summed E-state index contributed by atoms with van der Waals surface area (Å²) in [7, 11) is -0.553. The Balaban J connectivity index is 1.60. The Morgan fingerprint density at radius 3 is 2.42 bits per heavy atom. The maximum atomic E-state index is 14.6. The summed E-state index contributed by atoms with van der Waals surface area (Å²) in [5.41, 5.74) is 1.06. The maximum Gasteiger partial charge on any atom is 0.494 e. The molecular formula is C18H22BFN2O2. The summed E-state index contributed by atoms with van der Waals surface area (Å²) < 4.78 is 26.6. The average molecular weight is 328 g/mol. The summed E-state index contributed by atoms with van der Waals surface area (Å²) >= 11 is 0. The van der Waals surface area contributed by atoms with Crippen molar-refractivity contribution in [2.75, 3.05) is 0 Å². The quantitative estimate of drug-likeness (QED) is 0.879. The number of aromatic amines is 1. The lowest BCUT2D eigenvalue weighted by molar-refractivity contribution is 0.00578. The monoisotopic (exact) mass is 328 g/mol. The van der Waals surface area contributed by atoms with Crippen LogP contribution in [0.2, 0.25) is 0 Å². The third-order valence-electron chi connectivity index (χ3n) is 5.37. The van der Waals surface area contributed by atoms with Crippen LogP contribution in [0.3, 0.4) is 0 Å². The van der Waals surface area contributed by atoms with Crippen molar-refractivity contribution in [1.82, 2.24) is 9.97 Å². The standard InChI is InChI=1S/C18H22BFN2O2/c1-17(2)18(3,4)24-19(23-17)12-7-8-13(14(20)9-12)15-10-21-16(22-15)11-5-6-11/h7-11H,5-6H2,1-4H3,(H,21,22). The minimum Gasteiger partial charge on any atom is -0.399 e. The molecular weight excluding hydrogens is 306 g/mol. The predicted molar refractivity (Wildman–Crippen MR) is 91.7 cm³/mol. The van der Waals surface area contributed by atoms with Crippen LogP contribution < -0.4 is 5.46 Å². The molecule has 1 aliphatic carbocycles. The first-order valence-electron chi connectivity index (χ1n) is 8.47. The van der Waals surface area contributed by atoms with Crippen molar-refractivity contribution in [1.29, 1.82) is 0 Å². The largest absolute Gasteiger partial charge is 0.494 e. The number of aromatic nitrogens is 2. The number of nitrogens with one attached hydrogen (secondary N) is 1. The van der Waals surface area contributed by atoms with Crippen LogP contribution in [-0.2, 0) is 9.31 Å². The van der Waals surface area contributed by atoms with Crippen LogP contribution in [0.4, 0.5) is 4.39 Å². The first-order chi connectivity index (χ1) is 11.3. The van der Waals surface area contributed by atoms with E-state index in [0.29, 0.717) is 16.9 Å². The van der Waals surface area contributed by atoms with E-state index >= 15 is 0 Å². The smallest absolute Gasteiger partial charge is 0.399 e. The molecule has 2 aromatic rings. The van der Waals surface area contributed by atoms with Crippen molar-refractivity contribution in [3.05, 3.63) is 36.0 Å². The Morgan fingerprint density at radius 1 is 1.17 bits per heavy atom. The lowest BCUT2D eigenvalue weighted by Gasteiger charge is -2.32. The molecule has 2 aliphatic rings. The van der Waals surface area contributed by atoms with Crippen LogP contribution in [0.15, 0.2) is 24.4 Å². The van der Waals surface area contributed by atoms with Crippen molar-refractivity contribution in [2.45, 2.75) is 57.7 Å². The number of imidazole rings is 1. The highest BCUT2D eigenvalue weighted by atomic mass is 19.1. The topological polar surface area (TPSA) is 47.1 Å². The van der Waals surface area contributed by atoms with E-state index in [0.717, 1.165) is 24.4 Å². The highest BCUT2D eigenvalue weighted by molar-refractivity contribution is 6.62. The molecule has 2 heterocycles. The molecule has 0 spiro atoms. The van der Waals surface area contributed by atoms with Gasteiger partial charge in [0, 0.05) is 11.5 Å². The van der Waals surface area contributed by atoms with Crippen LogP contribution in [0.25, 0.3) is 11.3 Å². The second-order valence-electron chi connectivity index (χ2n) is 7.78. The molecule has 1 saturated carbocycles. The van der Waals surface area contributed by atoms with Crippen LogP contribution >= 0.6 is 0 Å². The molecule has 1 N–H and O–H groups in total. The van der Waals surface area contributed by atoms with E-state index in [1.165, 1.54) is 6.07 Å². The zero-order valence-electron chi connectivity index (χ0n) is 14.5. The van der Waals surface area contributed by atoms with Gasteiger partial charge in [0.2, 0.25) is 0 Å². The van der Waals surface area contributed by atoms with Crippen LogP contribution in [-0.4, -0.2) is 28.3 Å². The molecule has 0 radical (unpaired) electrons. The molecule has 126 valence electrons. The van der Waals surface area contributed by atoms with Crippen molar-refractivity contribution in [2.24, 2.45) is 0 Å². The molecule has 0 amide bonds. The van der Waals surface area contributed by atoms with E-state index < -0.39 is 18.3 Å². The third-order valence-corrected chi connectivity index (χ3v) is 5.37. The van der Waals surface area contributed by atoms with E-state index in [9.17, 15) is 4.39 Å². The maximum absolute atomic E-state index is 14.6. The molecule has 24 heavy (non-hydrogen) atoms. The highest BCUT2D eigenvalue weighted by Gasteiger charge is 2.51. The van der Waals surface area contributed by atoms with Gasteiger partial charge < -0.3 is 14.3 Å². The second kappa shape index (κ2) is 5.17. The fraction of sp³-hybridized carbons (Fsp3) is 0.500. The number of benzene rings is 1. The molecule has 2 fully saturated rings. The third kappa shape index (κ3) is 2.58. The van der Waals surface area contributed by atoms with E-state index in [-0.39, 0.29) is 5.82 Å². The lowest BCUT2D eigenvalue weighted by atomic mass is 9.78. The van der Waals surface area contributed by atoms with Gasteiger partial charge in [-0.05, 0) is 52.1 Å². The number of hydrogen-bond acceptors (Lipinski definition) is 3. The molecule has 1 saturated heterocycles. The highest BCUT2D eigenvalue weighted by Crippen LogP contribution is 2.39. The summed E-state index contributed by atoms with van der Waals surface area (Å²) in [5.74, 6) is 1.18. The number of rotatable bonds is 3.